The van der Waals surface area contributed by atoms with Crippen molar-refractivity contribution in [2.45, 2.75) is 25.9 Å². The normalized spacial score (nSPS) is 11.7. The van der Waals surface area contributed by atoms with Crippen LogP contribution in [0.5, 0.6) is 0 Å². The SMILES string of the molecule is Cc1nc(S/C(=C/c2cc(C)n(-c3ccc(N(C)C)cc3)c2C)C(=O)O)n[nH]1. The van der Waals surface area contributed by atoms with E-state index in [2.05, 4.69) is 48.9 Å². The van der Waals surface area contributed by atoms with Crippen molar-refractivity contribution in [3.8, 4) is 5.69 Å². The number of carboxylic acid groups (broad SMARTS) is 1. The molecule has 0 aliphatic heterocycles. The third-order valence-electron chi connectivity index (χ3n) is 4.37. The van der Waals surface area contributed by atoms with Gasteiger partial charge in [0.2, 0.25) is 5.16 Å². The van der Waals surface area contributed by atoms with Gasteiger partial charge in [0.15, 0.2) is 0 Å². The molecule has 3 rings (SSSR count). The Morgan fingerprint density at radius 1 is 1.21 bits per heavy atom. The molecule has 0 saturated heterocycles. The maximum atomic E-state index is 11.7. The molecule has 0 amide bonds. The zero-order chi connectivity index (χ0) is 20.4. The number of hydrogen-bond donors (Lipinski definition) is 2. The van der Waals surface area contributed by atoms with Crippen molar-refractivity contribution in [3.05, 3.63) is 58.0 Å². The van der Waals surface area contributed by atoms with E-state index in [1.807, 2.05) is 34.0 Å². The van der Waals surface area contributed by atoms with E-state index in [1.54, 1.807) is 13.0 Å². The number of nitrogens with zero attached hydrogens (tertiary/aromatic N) is 4. The Morgan fingerprint density at radius 3 is 2.43 bits per heavy atom. The molecular weight excluding hydrogens is 374 g/mol. The summed E-state index contributed by atoms with van der Waals surface area (Å²) in [6.07, 6.45) is 1.67. The van der Waals surface area contributed by atoms with Gasteiger partial charge in [-0.25, -0.2) is 9.78 Å². The Kier molecular flexibility index (Phi) is 5.60. The number of aliphatic carboxylic acids is 1. The molecule has 0 fully saturated rings. The van der Waals surface area contributed by atoms with Gasteiger partial charge in [-0.05, 0) is 74.5 Å². The second-order valence-electron chi connectivity index (χ2n) is 6.69. The molecule has 3 aromatic rings. The lowest BCUT2D eigenvalue weighted by Gasteiger charge is -2.15. The van der Waals surface area contributed by atoms with Crippen LogP contribution >= 0.6 is 11.8 Å². The fraction of sp³-hybridized carbons (Fsp3) is 0.250. The first-order chi connectivity index (χ1) is 13.3. The molecule has 2 aromatic heterocycles. The van der Waals surface area contributed by atoms with Gasteiger partial charge in [0, 0.05) is 36.9 Å². The lowest BCUT2D eigenvalue weighted by molar-refractivity contribution is -0.131. The topological polar surface area (TPSA) is 87.0 Å². The number of carbonyl (C=O) groups is 1. The Morgan fingerprint density at radius 2 is 1.89 bits per heavy atom. The third-order valence-corrected chi connectivity index (χ3v) is 5.25. The van der Waals surface area contributed by atoms with Crippen LogP contribution in [-0.4, -0.2) is 44.9 Å². The minimum absolute atomic E-state index is 0.169. The standard InChI is InChI=1S/C20H23N5O2S/c1-12-10-15(11-18(19(26)27)28-20-21-14(3)22-23-20)13(2)25(12)17-8-6-16(7-9-17)24(4)5/h6-11H,1-5H3,(H,26,27)(H,21,22,23)/b18-11+. The molecule has 0 radical (unpaired) electrons. The maximum Gasteiger partial charge on any atom is 0.342 e. The van der Waals surface area contributed by atoms with Gasteiger partial charge >= 0.3 is 5.97 Å². The highest BCUT2D eigenvalue weighted by Gasteiger charge is 2.16. The third kappa shape index (κ3) is 4.12. The minimum Gasteiger partial charge on any atom is -0.477 e. The largest absolute Gasteiger partial charge is 0.477 e. The molecule has 2 N–H and O–H groups in total. The van der Waals surface area contributed by atoms with E-state index in [1.165, 1.54) is 0 Å². The Bertz CT molecular complexity index is 1030. The smallest absolute Gasteiger partial charge is 0.342 e. The van der Waals surface area contributed by atoms with Gasteiger partial charge in [-0.1, -0.05) is 0 Å². The summed E-state index contributed by atoms with van der Waals surface area (Å²) in [5.41, 5.74) is 5.02. The molecule has 0 aliphatic rings. The molecule has 0 saturated carbocycles. The molecule has 1 aromatic carbocycles. The molecule has 0 atom stereocenters. The van der Waals surface area contributed by atoms with Crippen molar-refractivity contribution in [2.24, 2.45) is 0 Å². The van der Waals surface area contributed by atoms with Crippen LogP contribution in [0.2, 0.25) is 0 Å². The van der Waals surface area contributed by atoms with Crippen LogP contribution in [0, 0.1) is 20.8 Å². The second kappa shape index (κ2) is 7.93. The van der Waals surface area contributed by atoms with E-state index in [9.17, 15) is 9.90 Å². The van der Waals surface area contributed by atoms with Gasteiger partial charge in [-0.2, -0.15) is 0 Å². The Balaban J connectivity index is 1.97. The molecule has 2 heterocycles. The predicted octanol–water partition coefficient (Wildman–Crippen LogP) is 3.80. The first kappa shape index (κ1) is 19.8. The van der Waals surface area contributed by atoms with Gasteiger partial charge in [0.25, 0.3) is 0 Å². The summed E-state index contributed by atoms with van der Waals surface area (Å²) in [5.74, 6) is -0.362. The van der Waals surface area contributed by atoms with Crippen molar-refractivity contribution < 1.29 is 9.90 Å². The lowest BCUT2D eigenvalue weighted by atomic mass is 10.2. The molecule has 0 bridgehead atoms. The average molecular weight is 398 g/mol. The maximum absolute atomic E-state index is 11.7. The average Bonchev–Trinajstić information content (AvgIpc) is 3.17. The van der Waals surface area contributed by atoms with Gasteiger partial charge in [-0.3, -0.25) is 5.10 Å². The van der Waals surface area contributed by atoms with Crippen LogP contribution < -0.4 is 4.90 Å². The number of benzene rings is 1. The molecule has 8 heteroatoms. The summed E-state index contributed by atoms with van der Waals surface area (Å²) in [6.45, 7) is 5.77. The van der Waals surface area contributed by atoms with Crippen LogP contribution in [-0.2, 0) is 4.79 Å². The fourth-order valence-electron chi connectivity index (χ4n) is 2.97. The molecule has 0 spiro atoms. The monoisotopic (exact) mass is 397 g/mol. The number of thioether (sulfide) groups is 1. The van der Waals surface area contributed by atoms with Crippen molar-refractivity contribution in [1.82, 2.24) is 19.7 Å². The van der Waals surface area contributed by atoms with E-state index in [0.29, 0.717) is 11.0 Å². The Labute approximate surface area is 168 Å². The van der Waals surface area contributed by atoms with E-state index < -0.39 is 5.97 Å². The van der Waals surface area contributed by atoms with Gasteiger partial charge < -0.3 is 14.6 Å². The van der Waals surface area contributed by atoms with E-state index in [4.69, 9.17) is 0 Å². The number of hydrogen-bond acceptors (Lipinski definition) is 5. The number of anilines is 1. The van der Waals surface area contributed by atoms with E-state index in [0.717, 1.165) is 40.1 Å². The first-order valence-electron chi connectivity index (χ1n) is 8.75. The summed E-state index contributed by atoms with van der Waals surface area (Å²) < 4.78 is 2.12. The van der Waals surface area contributed by atoms with E-state index >= 15 is 0 Å². The highest BCUT2D eigenvalue weighted by atomic mass is 32.2. The molecule has 146 valence electrons. The van der Waals surface area contributed by atoms with Crippen LogP contribution in [0.3, 0.4) is 0 Å². The number of rotatable bonds is 6. The fourth-order valence-corrected chi connectivity index (χ4v) is 3.72. The number of nitrogens with one attached hydrogen (secondary N) is 1. The van der Waals surface area contributed by atoms with Gasteiger partial charge in [-0.15, -0.1) is 5.10 Å². The molecule has 0 unspecified atom stereocenters. The summed E-state index contributed by atoms with van der Waals surface area (Å²) in [6, 6.07) is 10.2. The number of aryl methyl sites for hydroxylation is 2. The zero-order valence-corrected chi connectivity index (χ0v) is 17.3. The Hall–Kier alpha value is -3.00. The number of aromatic amines is 1. The van der Waals surface area contributed by atoms with Crippen molar-refractivity contribution in [2.75, 3.05) is 19.0 Å². The number of H-pyrrole nitrogens is 1. The van der Waals surface area contributed by atoms with Crippen molar-refractivity contribution in [3.63, 3.8) is 0 Å². The quantitative estimate of drug-likeness (QED) is 0.486. The van der Waals surface area contributed by atoms with Gasteiger partial charge in [0.05, 0.1) is 0 Å². The lowest BCUT2D eigenvalue weighted by Crippen LogP contribution is -2.08. The van der Waals surface area contributed by atoms with Crippen LogP contribution in [0.15, 0.2) is 40.4 Å². The first-order valence-corrected chi connectivity index (χ1v) is 9.56. The summed E-state index contributed by atoms with van der Waals surface area (Å²) in [5, 5.41) is 16.7. The highest BCUT2D eigenvalue weighted by Crippen LogP contribution is 2.29. The zero-order valence-electron chi connectivity index (χ0n) is 16.5. The summed E-state index contributed by atoms with van der Waals surface area (Å²) >= 11 is 1.03. The van der Waals surface area contributed by atoms with Crippen LogP contribution in [0.4, 0.5) is 5.69 Å². The van der Waals surface area contributed by atoms with Gasteiger partial charge in [0.1, 0.15) is 10.7 Å². The molecule has 0 aliphatic carbocycles. The number of aromatic nitrogens is 4. The van der Waals surface area contributed by atoms with Crippen molar-refractivity contribution >= 4 is 29.5 Å². The van der Waals surface area contributed by atoms with Crippen LogP contribution in [0.25, 0.3) is 11.8 Å². The van der Waals surface area contributed by atoms with E-state index in [-0.39, 0.29) is 4.91 Å². The molecule has 7 nitrogen and oxygen atoms in total. The predicted molar refractivity (Wildman–Crippen MR) is 112 cm³/mol. The van der Waals surface area contributed by atoms with Crippen LogP contribution in [0.1, 0.15) is 22.8 Å². The molecular formula is C20H23N5O2S. The minimum atomic E-state index is -1.01. The second-order valence-corrected chi connectivity index (χ2v) is 7.70. The molecule has 28 heavy (non-hydrogen) atoms. The summed E-state index contributed by atoms with van der Waals surface area (Å²) in [7, 11) is 4.01. The number of carboxylic acids is 1. The highest BCUT2D eigenvalue weighted by molar-refractivity contribution is 8.04. The van der Waals surface area contributed by atoms with Crippen molar-refractivity contribution in [1.29, 1.82) is 0 Å². The summed E-state index contributed by atoms with van der Waals surface area (Å²) in [4.78, 5) is 18.1.